The van der Waals surface area contributed by atoms with Gasteiger partial charge in [-0.2, -0.15) is 0 Å². The van der Waals surface area contributed by atoms with Crippen molar-refractivity contribution in [3.05, 3.63) is 74.4 Å². The first-order valence-corrected chi connectivity index (χ1v) is 9.21. The van der Waals surface area contributed by atoms with Crippen LogP contribution in [0.1, 0.15) is 15.2 Å². The molecule has 0 aliphatic heterocycles. The van der Waals surface area contributed by atoms with Crippen molar-refractivity contribution < 1.29 is 18.7 Å². The molecule has 0 bridgehead atoms. The third-order valence-electron chi connectivity index (χ3n) is 4.12. The van der Waals surface area contributed by atoms with Crippen molar-refractivity contribution in [2.24, 2.45) is 0 Å². The highest BCUT2D eigenvalue weighted by molar-refractivity contribution is 7.21. The maximum atomic E-state index is 12.5. The summed E-state index contributed by atoms with van der Waals surface area (Å²) in [5, 5.41) is 1.86. The predicted molar refractivity (Wildman–Crippen MR) is 105 cm³/mol. The number of halogens is 1. The molecule has 0 fully saturated rings. The summed E-state index contributed by atoms with van der Waals surface area (Å²) >= 11 is 7.59. The fourth-order valence-electron chi connectivity index (χ4n) is 2.81. The molecule has 0 aliphatic carbocycles. The highest BCUT2D eigenvalue weighted by Gasteiger charge is 2.19. The number of benzene rings is 2. The number of esters is 1. The number of rotatable bonds is 4. The third kappa shape index (κ3) is 3.29. The van der Waals surface area contributed by atoms with Crippen LogP contribution in [0.4, 0.5) is 0 Å². The minimum atomic E-state index is -0.531. The predicted octanol–water partition coefficient (Wildman–Crippen LogP) is 5.03. The van der Waals surface area contributed by atoms with Crippen LogP contribution in [0.15, 0.2) is 57.7 Å². The van der Waals surface area contributed by atoms with Crippen molar-refractivity contribution in [2.75, 3.05) is 7.11 Å². The minimum Gasteiger partial charge on any atom is -0.497 e. The highest BCUT2D eigenvalue weighted by Crippen LogP contribution is 2.35. The van der Waals surface area contributed by atoms with E-state index in [9.17, 15) is 9.59 Å². The molecule has 0 radical (unpaired) electrons. The molecule has 0 atom stereocenters. The second-order valence-electron chi connectivity index (χ2n) is 5.77. The van der Waals surface area contributed by atoms with Crippen LogP contribution in [0, 0.1) is 0 Å². The van der Waals surface area contributed by atoms with Crippen LogP contribution < -0.4 is 10.4 Å². The van der Waals surface area contributed by atoms with Crippen molar-refractivity contribution in [3.63, 3.8) is 0 Å². The van der Waals surface area contributed by atoms with E-state index in [0.717, 1.165) is 10.1 Å². The van der Waals surface area contributed by atoms with Crippen LogP contribution in [0.25, 0.3) is 21.1 Å². The zero-order chi connectivity index (χ0) is 19.0. The van der Waals surface area contributed by atoms with Crippen molar-refractivity contribution >= 4 is 50.0 Å². The molecule has 0 saturated carbocycles. The summed E-state index contributed by atoms with van der Waals surface area (Å²) < 4.78 is 16.7. The Morgan fingerprint density at radius 3 is 2.74 bits per heavy atom. The Labute approximate surface area is 162 Å². The van der Waals surface area contributed by atoms with Crippen LogP contribution in [0.2, 0.25) is 5.02 Å². The molecule has 2 aromatic carbocycles. The van der Waals surface area contributed by atoms with Gasteiger partial charge in [-0.25, -0.2) is 9.59 Å². The van der Waals surface area contributed by atoms with Crippen molar-refractivity contribution in [3.8, 4) is 5.75 Å². The molecule has 4 aromatic rings. The van der Waals surface area contributed by atoms with Crippen molar-refractivity contribution in [1.29, 1.82) is 0 Å². The summed E-state index contributed by atoms with van der Waals surface area (Å²) in [6, 6.07) is 13.9. The van der Waals surface area contributed by atoms with E-state index in [1.165, 1.54) is 24.5 Å². The smallest absolute Gasteiger partial charge is 0.350 e. The Morgan fingerprint density at radius 2 is 1.96 bits per heavy atom. The summed E-state index contributed by atoms with van der Waals surface area (Å²) in [6.45, 7) is -0.0716. The largest absolute Gasteiger partial charge is 0.497 e. The summed E-state index contributed by atoms with van der Waals surface area (Å²) in [4.78, 5) is 24.7. The van der Waals surface area contributed by atoms with Crippen molar-refractivity contribution in [1.82, 2.24) is 0 Å². The quantitative estimate of drug-likeness (QED) is 0.355. The lowest BCUT2D eigenvalue weighted by atomic mass is 10.1. The molecule has 0 amide bonds. The van der Waals surface area contributed by atoms with Gasteiger partial charge in [0, 0.05) is 33.2 Å². The lowest BCUT2D eigenvalue weighted by Crippen LogP contribution is -2.07. The molecular formula is C20H13ClO5S. The average Bonchev–Trinajstić information content (AvgIpc) is 3.02. The zero-order valence-corrected chi connectivity index (χ0v) is 15.7. The van der Waals surface area contributed by atoms with Gasteiger partial charge in [0.2, 0.25) is 0 Å². The summed E-state index contributed by atoms with van der Waals surface area (Å²) in [6.07, 6.45) is 0. The Bertz CT molecular complexity index is 1220. The van der Waals surface area contributed by atoms with E-state index in [1.807, 2.05) is 24.3 Å². The number of fused-ring (bicyclic) bond motifs is 2. The van der Waals surface area contributed by atoms with E-state index in [1.54, 1.807) is 18.2 Å². The van der Waals surface area contributed by atoms with E-state index >= 15 is 0 Å². The van der Waals surface area contributed by atoms with Gasteiger partial charge in [0.05, 0.1) is 12.1 Å². The summed E-state index contributed by atoms with van der Waals surface area (Å²) in [5.74, 6) is 0.0351. The molecule has 0 spiro atoms. The lowest BCUT2D eigenvalue weighted by molar-refractivity contribution is 0.0480. The standard InChI is InChI=1S/C20H13ClO5S/c1-24-12-6-7-13-11(8-17(22)26-15(13)9-12)10-25-20(23)19-18(21)14-4-2-3-5-16(14)27-19/h2-9H,10H2,1H3. The van der Waals surface area contributed by atoms with Gasteiger partial charge in [-0.1, -0.05) is 29.8 Å². The maximum Gasteiger partial charge on any atom is 0.350 e. The van der Waals surface area contributed by atoms with Gasteiger partial charge < -0.3 is 13.9 Å². The second kappa shape index (κ2) is 7.06. The number of hydrogen-bond donors (Lipinski definition) is 0. The van der Waals surface area contributed by atoms with Gasteiger partial charge in [-0.15, -0.1) is 11.3 Å². The Hall–Kier alpha value is -2.83. The number of methoxy groups -OCH3 is 1. The molecule has 0 aliphatic rings. The molecular weight excluding hydrogens is 388 g/mol. The normalized spacial score (nSPS) is 11.0. The van der Waals surface area contributed by atoms with E-state index in [0.29, 0.717) is 32.2 Å². The topological polar surface area (TPSA) is 65.7 Å². The summed E-state index contributed by atoms with van der Waals surface area (Å²) in [5.41, 5.74) is 0.393. The monoisotopic (exact) mass is 400 g/mol. The first-order chi connectivity index (χ1) is 13.1. The molecule has 2 aromatic heterocycles. The maximum absolute atomic E-state index is 12.5. The third-order valence-corrected chi connectivity index (χ3v) is 5.77. The number of ether oxygens (including phenoxy) is 2. The van der Waals surface area contributed by atoms with Gasteiger partial charge in [0.25, 0.3) is 0 Å². The average molecular weight is 401 g/mol. The highest BCUT2D eigenvalue weighted by atomic mass is 35.5. The lowest BCUT2D eigenvalue weighted by Gasteiger charge is -2.08. The van der Waals surface area contributed by atoms with E-state index in [2.05, 4.69) is 0 Å². The van der Waals surface area contributed by atoms with Crippen LogP contribution in [0.3, 0.4) is 0 Å². The number of thiophene rings is 1. The van der Waals surface area contributed by atoms with Crippen LogP contribution in [-0.2, 0) is 11.3 Å². The Morgan fingerprint density at radius 1 is 1.15 bits per heavy atom. The number of hydrogen-bond acceptors (Lipinski definition) is 6. The van der Waals surface area contributed by atoms with Crippen molar-refractivity contribution in [2.45, 2.75) is 6.61 Å². The van der Waals surface area contributed by atoms with E-state index < -0.39 is 11.6 Å². The van der Waals surface area contributed by atoms with Crippen LogP contribution in [-0.4, -0.2) is 13.1 Å². The Kier molecular flexibility index (Phi) is 4.59. The van der Waals surface area contributed by atoms with Gasteiger partial charge >= 0.3 is 11.6 Å². The fraction of sp³-hybridized carbons (Fsp3) is 0.100. The Balaban J connectivity index is 1.63. The molecule has 7 heteroatoms. The van der Waals surface area contributed by atoms with Gasteiger partial charge in [0.15, 0.2) is 0 Å². The molecule has 27 heavy (non-hydrogen) atoms. The number of carbonyl (C=O) groups excluding carboxylic acids is 1. The molecule has 5 nitrogen and oxygen atoms in total. The minimum absolute atomic E-state index is 0.0716. The molecule has 0 N–H and O–H groups in total. The first-order valence-electron chi connectivity index (χ1n) is 8.02. The van der Waals surface area contributed by atoms with Crippen LogP contribution in [0.5, 0.6) is 5.75 Å². The molecule has 136 valence electrons. The van der Waals surface area contributed by atoms with Gasteiger partial charge in [0.1, 0.15) is 22.8 Å². The van der Waals surface area contributed by atoms with Gasteiger partial charge in [-0.3, -0.25) is 0 Å². The van der Waals surface area contributed by atoms with Crippen LogP contribution >= 0.6 is 22.9 Å². The molecule has 4 rings (SSSR count). The van der Waals surface area contributed by atoms with Gasteiger partial charge in [-0.05, 0) is 18.2 Å². The second-order valence-corrected chi connectivity index (χ2v) is 7.20. The first kappa shape index (κ1) is 17.6. The zero-order valence-electron chi connectivity index (χ0n) is 14.2. The number of carbonyl (C=O) groups is 1. The SMILES string of the molecule is COc1ccc2c(COC(=O)c3sc4ccccc4c3Cl)cc(=O)oc2c1. The van der Waals surface area contributed by atoms with E-state index in [-0.39, 0.29) is 6.61 Å². The summed E-state index contributed by atoms with van der Waals surface area (Å²) in [7, 11) is 1.53. The molecule has 2 heterocycles. The molecule has 0 saturated heterocycles. The molecule has 0 unspecified atom stereocenters. The fourth-order valence-corrected chi connectivity index (χ4v) is 4.21. The van der Waals surface area contributed by atoms with E-state index in [4.69, 9.17) is 25.5 Å².